The molecule has 2 atom stereocenters. The molecule has 0 aromatic carbocycles. The molecular weight excluding hydrogens is 98.0 g/mol. The normalized spacial score (nSPS) is 12.4. The van der Waals surface area contributed by atoms with Crippen LogP contribution in [-0.4, -0.2) is 0 Å². The zero-order valence-corrected chi connectivity index (χ0v) is 5.39. The van der Waals surface area contributed by atoms with Crippen LogP contribution in [0.5, 0.6) is 0 Å². The average Bonchev–Trinajstić information content (AvgIpc) is 1.41. The van der Waals surface area contributed by atoms with E-state index in [0.717, 1.165) is 8.27 Å². The minimum atomic E-state index is 0.894. The Morgan fingerprint density at radius 2 is 2.40 bits per heavy atom. The van der Waals surface area contributed by atoms with Crippen LogP contribution in [0.4, 0.5) is 0 Å². The second-order valence-corrected chi connectivity index (χ2v) is 2.33. The predicted octanol–water partition coefficient (Wildman–Crippen LogP) is 1.99. The van der Waals surface area contributed by atoms with Crippen LogP contribution in [0.3, 0.4) is 0 Å². The Kier molecular flexibility index (Phi) is 5.15. The number of hydrogen-bond acceptors (Lipinski definition) is 0. The molecule has 30 valence electrons. The van der Waals surface area contributed by atoms with Crippen molar-refractivity contribution < 1.29 is 0 Å². The Morgan fingerprint density at radius 3 is 2.40 bits per heavy atom. The molecule has 0 aromatic rings. The highest BCUT2D eigenvalue weighted by Gasteiger charge is 1.51. The highest BCUT2D eigenvalue weighted by atomic mass is 32.0. The maximum atomic E-state index is 2.64. The molecule has 0 aliphatic heterocycles. The first kappa shape index (κ1) is 5.60. The van der Waals surface area contributed by atoms with Crippen LogP contribution in [-0.2, 0) is 0 Å². The van der Waals surface area contributed by atoms with Crippen molar-refractivity contribution in [2.24, 2.45) is 0 Å². The lowest BCUT2D eigenvalue weighted by atomic mass is 10.8. The van der Waals surface area contributed by atoms with Crippen LogP contribution in [0.1, 0.15) is 6.92 Å². The van der Waals surface area contributed by atoms with Crippen molar-refractivity contribution in [1.82, 2.24) is 0 Å². The first-order chi connectivity index (χ1) is 2.41. The summed E-state index contributed by atoms with van der Waals surface area (Å²) in [4.78, 5) is 0. The van der Waals surface area contributed by atoms with Gasteiger partial charge in [-0.2, -0.15) is 0 Å². The van der Waals surface area contributed by atoms with Crippen LogP contribution in [0, 0.1) is 0 Å². The van der Waals surface area contributed by atoms with Crippen molar-refractivity contribution in [1.29, 1.82) is 0 Å². The summed E-state index contributed by atoms with van der Waals surface area (Å²) < 4.78 is 0. The van der Waals surface area contributed by atoms with E-state index in [-0.39, 0.29) is 0 Å². The summed E-state index contributed by atoms with van der Waals surface area (Å²) in [5.74, 6) is 2.12. The largest absolute Gasteiger partial charge is 0.110 e. The van der Waals surface area contributed by atoms with Gasteiger partial charge in [0.15, 0.2) is 0 Å². The minimum absolute atomic E-state index is 0.894. The summed E-state index contributed by atoms with van der Waals surface area (Å²) in [6.45, 7) is 2.02. The summed E-state index contributed by atoms with van der Waals surface area (Å²) in [7, 11) is 3.53. The Morgan fingerprint density at radius 1 is 1.80 bits per heavy atom. The van der Waals surface area contributed by atoms with Crippen molar-refractivity contribution in [3.8, 4) is 0 Å². The van der Waals surface area contributed by atoms with E-state index in [1.54, 1.807) is 0 Å². The highest BCUT2D eigenvalue weighted by molar-refractivity contribution is 8.04. The van der Waals surface area contributed by atoms with E-state index in [9.17, 15) is 0 Å². The molecule has 0 bridgehead atoms. The topological polar surface area (TPSA) is 0 Å². The summed E-state index contributed by atoms with van der Waals surface area (Å²) in [6.07, 6.45) is 2.05. The maximum absolute atomic E-state index is 2.64. The Labute approximate surface area is 36.9 Å². The average molecular weight is 106 g/mol. The third-order valence-electron chi connectivity index (χ3n) is 0.263. The van der Waals surface area contributed by atoms with Gasteiger partial charge in [0.05, 0.1) is 0 Å². The second kappa shape index (κ2) is 4.60. The van der Waals surface area contributed by atoms with Crippen molar-refractivity contribution in [3.05, 3.63) is 11.9 Å². The summed E-state index contributed by atoms with van der Waals surface area (Å²) >= 11 is 0. The lowest BCUT2D eigenvalue weighted by Crippen LogP contribution is -1.23. The Balaban J connectivity index is 2.62. The van der Waals surface area contributed by atoms with E-state index in [1.807, 2.05) is 13.0 Å². The standard InChI is InChI=1S/C3H8P2/c1-2-3-5-4/h2-3,5H,4H2,1H3/b3-2+. The van der Waals surface area contributed by atoms with Gasteiger partial charge < -0.3 is 0 Å². The van der Waals surface area contributed by atoms with Gasteiger partial charge in [0.1, 0.15) is 0 Å². The quantitative estimate of drug-likeness (QED) is 0.448. The molecule has 0 aliphatic carbocycles. The fourth-order valence-electron chi connectivity index (χ4n) is 0.0962. The Bertz CT molecular complexity index is 31.9. The van der Waals surface area contributed by atoms with Crippen LogP contribution in [0.25, 0.3) is 0 Å². The highest BCUT2D eigenvalue weighted by Crippen LogP contribution is 2.20. The van der Waals surface area contributed by atoms with Gasteiger partial charge in [0.25, 0.3) is 0 Å². The first-order valence-electron chi connectivity index (χ1n) is 1.49. The number of rotatable bonds is 1. The second-order valence-electron chi connectivity index (χ2n) is 0.667. The van der Waals surface area contributed by atoms with Gasteiger partial charge in [-0.05, 0) is 6.92 Å². The summed E-state index contributed by atoms with van der Waals surface area (Å²) in [5.41, 5.74) is 0. The van der Waals surface area contributed by atoms with Gasteiger partial charge in [0.2, 0.25) is 0 Å². The van der Waals surface area contributed by atoms with Crippen LogP contribution in [0.15, 0.2) is 11.9 Å². The zero-order chi connectivity index (χ0) is 4.12. The van der Waals surface area contributed by atoms with Crippen molar-refractivity contribution >= 4 is 17.2 Å². The molecule has 0 nitrogen and oxygen atoms in total. The third-order valence-corrected chi connectivity index (χ3v) is 1.37. The molecule has 0 saturated heterocycles. The molecule has 0 rings (SSSR count). The predicted molar refractivity (Wildman–Crippen MR) is 32.8 cm³/mol. The van der Waals surface area contributed by atoms with E-state index in [4.69, 9.17) is 0 Å². The van der Waals surface area contributed by atoms with Crippen molar-refractivity contribution in [3.63, 3.8) is 0 Å². The number of hydrogen-bond donors (Lipinski definition) is 0. The van der Waals surface area contributed by atoms with E-state index in [1.165, 1.54) is 0 Å². The zero-order valence-electron chi connectivity index (χ0n) is 3.23. The van der Waals surface area contributed by atoms with Crippen LogP contribution >= 0.6 is 17.2 Å². The van der Waals surface area contributed by atoms with Gasteiger partial charge in [0, 0.05) is 0 Å². The van der Waals surface area contributed by atoms with Crippen LogP contribution < -0.4 is 0 Å². The molecule has 0 fully saturated rings. The molecule has 0 aromatic heterocycles. The summed E-state index contributed by atoms with van der Waals surface area (Å²) in [5, 5.41) is 0. The van der Waals surface area contributed by atoms with E-state index in [0.29, 0.717) is 0 Å². The van der Waals surface area contributed by atoms with Crippen molar-refractivity contribution in [2.75, 3.05) is 0 Å². The van der Waals surface area contributed by atoms with Gasteiger partial charge in [-0.3, -0.25) is 0 Å². The number of allylic oxidation sites excluding steroid dienone is 1. The monoisotopic (exact) mass is 106 g/mol. The lowest BCUT2D eigenvalue weighted by Gasteiger charge is -1.66. The maximum Gasteiger partial charge on any atom is -0.0466 e. The van der Waals surface area contributed by atoms with Gasteiger partial charge in [-0.25, -0.2) is 0 Å². The SMILES string of the molecule is C/C=C/PP. The van der Waals surface area contributed by atoms with Gasteiger partial charge >= 0.3 is 0 Å². The molecule has 2 heteroatoms. The third kappa shape index (κ3) is 4.60. The van der Waals surface area contributed by atoms with Crippen molar-refractivity contribution in [2.45, 2.75) is 6.92 Å². The van der Waals surface area contributed by atoms with Gasteiger partial charge in [-0.1, -0.05) is 20.2 Å². The fraction of sp³-hybridized carbons (Fsp3) is 0.333. The molecule has 0 heterocycles. The Hall–Kier alpha value is 0.600. The molecule has 2 unspecified atom stereocenters. The smallest absolute Gasteiger partial charge is 0.0466 e. The first-order valence-corrected chi connectivity index (χ1v) is 4.37. The molecule has 0 amide bonds. The molecular formula is C3H8P2. The minimum Gasteiger partial charge on any atom is -0.110 e. The molecule has 5 heavy (non-hydrogen) atoms. The molecule has 0 N–H and O–H groups in total. The molecule has 0 saturated carbocycles. The van der Waals surface area contributed by atoms with E-state index in [2.05, 4.69) is 14.7 Å². The van der Waals surface area contributed by atoms with Crippen LogP contribution in [0.2, 0.25) is 0 Å². The molecule has 0 aliphatic rings. The summed E-state index contributed by atoms with van der Waals surface area (Å²) in [6, 6.07) is 0. The van der Waals surface area contributed by atoms with Gasteiger partial charge in [-0.15, -0.1) is 8.93 Å². The lowest BCUT2D eigenvalue weighted by molar-refractivity contribution is 1.79. The molecule has 0 radical (unpaired) electrons. The van der Waals surface area contributed by atoms with E-state index >= 15 is 0 Å². The van der Waals surface area contributed by atoms with E-state index < -0.39 is 0 Å². The molecule has 0 spiro atoms. The fourth-order valence-corrected chi connectivity index (χ4v) is 0.866.